The Kier molecular flexibility index (Phi) is 7.43. The van der Waals surface area contributed by atoms with E-state index in [1.54, 1.807) is 0 Å². The molecule has 158 valence electrons. The first-order valence-corrected chi connectivity index (χ1v) is 9.52. The van der Waals surface area contributed by atoms with E-state index in [4.69, 9.17) is 9.47 Å². The van der Waals surface area contributed by atoms with Crippen LogP contribution in [0.5, 0.6) is 0 Å². The summed E-state index contributed by atoms with van der Waals surface area (Å²) in [7, 11) is 1.20. The summed E-state index contributed by atoms with van der Waals surface area (Å²) >= 11 is 0.850. The first-order valence-electron chi connectivity index (χ1n) is 8.70. The molecule has 0 spiro atoms. The number of aryl methyl sites for hydroxylation is 1. The number of alkyl halides is 2. The maximum absolute atomic E-state index is 13.1. The lowest BCUT2D eigenvalue weighted by Gasteiger charge is -2.09. The van der Waals surface area contributed by atoms with Crippen LogP contribution in [0.4, 0.5) is 13.8 Å². The van der Waals surface area contributed by atoms with E-state index < -0.39 is 36.5 Å². The molecule has 0 aliphatic rings. The van der Waals surface area contributed by atoms with Crippen molar-refractivity contribution in [2.45, 2.75) is 40.2 Å². The Balaban J connectivity index is 2.32. The lowest BCUT2D eigenvalue weighted by atomic mass is 10.1. The SMILES string of the molecule is CCCOC(=O)c1c(NC(=O)Cn2nc(C)cc2C(F)F)sc(C(=O)OC)c1C. The van der Waals surface area contributed by atoms with Gasteiger partial charge in [0.1, 0.15) is 22.1 Å². The first-order chi connectivity index (χ1) is 13.7. The minimum Gasteiger partial charge on any atom is -0.465 e. The second-order valence-corrected chi connectivity index (χ2v) is 7.13. The maximum atomic E-state index is 13.1. The number of halogens is 2. The molecule has 0 atom stereocenters. The number of carbonyl (C=O) groups is 3. The van der Waals surface area contributed by atoms with E-state index in [-0.39, 0.29) is 22.0 Å². The summed E-state index contributed by atoms with van der Waals surface area (Å²) in [6.07, 6.45) is -2.20. The molecule has 1 amide bonds. The highest BCUT2D eigenvalue weighted by Gasteiger charge is 2.27. The summed E-state index contributed by atoms with van der Waals surface area (Å²) < 4.78 is 36.9. The number of amides is 1. The van der Waals surface area contributed by atoms with Crippen LogP contribution >= 0.6 is 11.3 Å². The van der Waals surface area contributed by atoms with Crippen LogP contribution < -0.4 is 5.32 Å². The van der Waals surface area contributed by atoms with Gasteiger partial charge in [-0.1, -0.05) is 6.92 Å². The quantitative estimate of drug-likeness (QED) is 0.645. The molecule has 2 heterocycles. The van der Waals surface area contributed by atoms with Gasteiger partial charge < -0.3 is 14.8 Å². The van der Waals surface area contributed by atoms with Crippen LogP contribution in [-0.4, -0.2) is 41.3 Å². The van der Waals surface area contributed by atoms with E-state index in [9.17, 15) is 23.2 Å². The van der Waals surface area contributed by atoms with Crippen molar-refractivity contribution in [1.82, 2.24) is 9.78 Å². The van der Waals surface area contributed by atoms with Gasteiger partial charge in [-0.05, 0) is 31.9 Å². The van der Waals surface area contributed by atoms with Gasteiger partial charge in [-0.25, -0.2) is 18.4 Å². The zero-order valence-electron chi connectivity index (χ0n) is 16.4. The minimum atomic E-state index is -2.79. The number of nitrogens with one attached hydrogen (secondary N) is 1. The summed E-state index contributed by atoms with van der Waals surface area (Å²) in [6.45, 7) is 4.57. The number of rotatable bonds is 8. The van der Waals surface area contributed by atoms with Crippen molar-refractivity contribution in [3.05, 3.63) is 33.5 Å². The average Bonchev–Trinajstić information content (AvgIpc) is 3.18. The predicted octanol–water partition coefficient (Wildman–Crippen LogP) is 3.49. The third-order valence-corrected chi connectivity index (χ3v) is 5.05. The monoisotopic (exact) mass is 429 g/mol. The Bertz CT molecular complexity index is 923. The molecular formula is C18H21F2N3O5S. The fraction of sp³-hybridized carbons (Fsp3) is 0.444. The number of esters is 2. The van der Waals surface area contributed by atoms with Gasteiger partial charge in [0.05, 0.1) is 25.0 Å². The third kappa shape index (κ3) is 5.17. The second kappa shape index (κ2) is 9.59. The molecule has 0 aromatic carbocycles. The largest absolute Gasteiger partial charge is 0.465 e. The van der Waals surface area contributed by atoms with Gasteiger partial charge in [-0.15, -0.1) is 11.3 Å². The zero-order chi connectivity index (χ0) is 21.7. The van der Waals surface area contributed by atoms with Gasteiger partial charge in [0.2, 0.25) is 5.91 Å². The molecule has 0 aliphatic carbocycles. The second-order valence-electron chi connectivity index (χ2n) is 6.10. The molecule has 2 rings (SSSR count). The average molecular weight is 429 g/mol. The molecule has 11 heteroatoms. The van der Waals surface area contributed by atoms with Crippen molar-refractivity contribution in [3.8, 4) is 0 Å². The van der Waals surface area contributed by atoms with Crippen LogP contribution in [0.2, 0.25) is 0 Å². The van der Waals surface area contributed by atoms with Crippen LogP contribution in [-0.2, 0) is 20.8 Å². The minimum absolute atomic E-state index is 0.0305. The normalized spacial score (nSPS) is 10.9. The molecule has 2 aromatic rings. The Labute approximate surface area is 169 Å². The fourth-order valence-corrected chi connectivity index (χ4v) is 3.70. The van der Waals surface area contributed by atoms with Crippen LogP contribution in [0.15, 0.2) is 6.07 Å². The number of anilines is 1. The van der Waals surface area contributed by atoms with E-state index in [0.29, 0.717) is 17.7 Å². The van der Waals surface area contributed by atoms with E-state index in [2.05, 4.69) is 10.4 Å². The van der Waals surface area contributed by atoms with Gasteiger partial charge in [0.25, 0.3) is 6.43 Å². The summed E-state index contributed by atoms with van der Waals surface area (Å²) in [4.78, 5) is 37.0. The van der Waals surface area contributed by atoms with Crippen molar-refractivity contribution in [2.75, 3.05) is 19.0 Å². The van der Waals surface area contributed by atoms with E-state index in [1.165, 1.54) is 27.0 Å². The predicted molar refractivity (Wildman–Crippen MR) is 102 cm³/mol. The highest BCUT2D eigenvalue weighted by atomic mass is 32.1. The van der Waals surface area contributed by atoms with Gasteiger partial charge in [0.15, 0.2) is 0 Å². The first kappa shape index (κ1) is 22.5. The molecule has 0 unspecified atom stereocenters. The molecule has 2 aromatic heterocycles. The molecule has 0 fully saturated rings. The smallest absolute Gasteiger partial charge is 0.348 e. The Hall–Kier alpha value is -2.82. The molecule has 0 radical (unpaired) electrons. The number of aromatic nitrogens is 2. The van der Waals surface area contributed by atoms with Gasteiger partial charge in [-0.2, -0.15) is 5.10 Å². The number of nitrogens with zero attached hydrogens (tertiary/aromatic N) is 2. The Morgan fingerprint density at radius 1 is 1.28 bits per heavy atom. The Morgan fingerprint density at radius 3 is 2.55 bits per heavy atom. The van der Waals surface area contributed by atoms with Crippen LogP contribution in [0.3, 0.4) is 0 Å². The summed E-state index contributed by atoms with van der Waals surface area (Å²) in [5.41, 5.74) is 0.291. The standard InChI is InChI=1S/C18H21F2N3O5S/c1-5-6-28-17(25)13-10(3)14(18(26)27-4)29-16(13)21-12(24)8-23-11(15(19)20)7-9(2)22-23/h7,15H,5-6,8H2,1-4H3,(H,21,24). The van der Waals surface area contributed by atoms with Crippen LogP contribution in [0.25, 0.3) is 0 Å². The summed E-state index contributed by atoms with van der Waals surface area (Å²) in [5.74, 6) is -2.05. The van der Waals surface area contributed by atoms with E-state index >= 15 is 0 Å². The molecule has 8 nitrogen and oxygen atoms in total. The van der Waals surface area contributed by atoms with Crippen molar-refractivity contribution in [1.29, 1.82) is 0 Å². The highest BCUT2D eigenvalue weighted by molar-refractivity contribution is 7.18. The Morgan fingerprint density at radius 2 is 1.97 bits per heavy atom. The maximum Gasteiger partial charge on any atom is 0.348 e. The summed E-state index contributed by atoms with van der Waals surface area (Å²) in [5, 5.41) is 6.47. The lowest BCUT2D eigenvalue weighted by molar-refractivity contribution is -0.117. The van der Waals surface area contributed by atoms with Crippen molar-refractivity contribution < 1.29 is 32.6 Å². The molecule has 0 saturated carbocycles. The number of methoxy groups -OCH3 is 1. The molecule has 0 saturated heterocycles. The van der Waals surface area contributed by atoms with Crippen molar-refractivity contribution in [2.24, 2.45) is 0 Å². The van der Waals surface area contributed by atoms with Gasteiger partial charge in [0, 0.05) is 0 Å². The van der Waals surface area contributed by atoms with E-state index in [0.717, 1.165) is 16.0 Å². The number of thiophene rings is 1. The molecule has 0 aliphatic heterocycles. The highest BCUT2D eigenvalue weighted by Crippen LogP contribution is 2.34. The number of ether oxygens (including phenoxy) is 2. The van der Waals surface area contributed by atoms with Crippen LogP contribution in [0.1, 0.15) is 56.8 Å². The topological polar surface area (TPSA) is 99.5 Å². The molecule has 1 N–H and O–H groups in total. The molecule has 0 bridgehead atoms. The lowest BCUT2D eigenvalue weighted by Crippen LogP contribution is -2.22. The fourth-order valence-electron chi connectivity index (χ4n) is 2.57. The number of carbonyl (C=O) groups excluding carboxylic acids is 3. The van der Waals surface area contributed by atoms with Crippen LogP contribution in [0, 0.1) is 13.8 Å². The van der Waals surface area contributed by atoms with E-state index in [1.807, 2.05) is 6.92 Å². The molecule has 29 heavy (non-hydrogen) atoms. The van der Waals surface area contributed by atoms with Gasteiger partial charge in [-0.3, -0.25) is 9.48 Å². The van der Waals surface area contributed by atoms with Crippen molar-refractivity contribution >= 4 is 34.2 Å². The van der Waals surface area contributed by atoms with Gasteiger partial charge >= 0.3 is 11.9 Å². The summed E-state index contributed by atoms with van der Waals surface area (Å²) in [6, 6.07) is 1.19. The number of hydrogen-bond donors (Lipinski definition) is 1. The van der Waals surface area contributed by atoms with Crippen molar-refractivity contribution in [3.63, 3.8) is 0 Å². The molecular weight excluding hydrogens is 408 g/mol. The zero-order valence-corrected chi connectivity index (χ0v) is 17.2. The third-order valence-electron chi connectivity index (χ3n) is 3.86. The number of hydrogen-bond acceptors (Lipinski definition) is 7.